The van der Waals surface area contributed by atoms with Crippen molar-refractivity contribution in [3.05, 3.63) is 59.2 Å². The van der Waals surface area contributed by atoms with Crippen molar-refractivity contribution in [2.75, 3.05) is 31.6 Å². The summed E-state index contributed by atoms with van der Waals surface area (Å²) in [7, 11) is 1.66. The number of anilines is 1. The third-order valence-electron chi connectivity index (χ3n) is 4.12. The van der Waals surface area contributed by atoms with Crippen LogP contribution in [0.3, 0.4) is 0 Å². The number of nitrogens with one attached hydrogen (secondary N) is 1. The lowest BCUT2D eigenvalue weighted by Gasteiger charge is -2.23. The summed E-state index contributed by atoms with van der Waals surface area (Å²) in [5.41, 5.74) is 3.97. The molecule has 4 nitrogen and oxygen atoms in total. The van der Waals surface area contributed by atoms with Gasteiger partial charge in [0.2, 0.25) is 0 Å². The molecule has 24 heavy (non-hydrogen) atoms. The molecule has 0 radical (unpaired) electrons. The summed E-state index contributed by atoms with van der Waals surface area (Å²) in [6.07, 6.45) is 0. The topological polar surface area (TPSA) is 41.6 Å². The van der Waals surface area contributed by atoms with Crippen LogP contribution in [0, 0.1) is 13.8 Å². The Hall–Kier alpha value is -2.49. The zero-order chi connectivity index (χ0) is 17.5. The summed E-state index contributed by atoms with van der Waals surface area (Å²) < 4.78 is 5.19. The predicted molar refractivity (Wildman–Crippen MR) is 99.1 cm³/mol. The van der Waals surface area contributed by atoms with E-state index in [0.717, 1.165) is 41.2 Å². The SMILES string of the molecule is CCN(CCNC(=O)c1cc(C)ccc1C)c1ccc(OC)cc1. The summed E-state index contributed by atoms with van der Waals surface area (Å²) in [4.78, 5) is 14.6. The number of nitrogens with zero attached hydrogens (tertiary/aromatic N) is 1. The van der Waals surface area contributed by atoms with Gasteiger partial charge in [-0.05, 0) is 56.7 Å². The third-order valence-corrected chi connectivity index (χ3v) is 4.12. The molecule has 0 fully saturated rings. The molecule has 0 saturated heterocycles. The van der Waals surface area contributed by atoms with Gasteiger partial charge in [-0.3, -0.25) is 4.79 Å². The Morgan fingerprint density at radius 1 is 1.12 bits per heavy atom. The van der Waals surface area contributed by atoms with Crippen molar-refractivity contribution in [1.82, 2.24) is 5.32 Å². The predicted octanol–water partition coefficient (Wildman–Crippen LogP) is 3.57. The van der Waals surface area contributed by atoms with E-state index in [1.807, 2.05) is 56.3 Å². The quantitative estimate of drug-likeness (QED) is 0.846. The molecule has 2 aromatic carbocycles. The van der Waals surface area contributed by atoms with Gasteiger partial charge in [0.1, 0.15) is 5.75 Å². The van der Waals surface area contributed by atoms with E-state index in [4.69, 9.17) is 4.74 Å². The van der Waals surface area contributed by atoms with Crippen LogP contribution in [0.2, 0.25) is 0 Å². The number of carbonyl (C=O) groups is 1. The van der Waals surface area contributed by atoms with E-state index >= 15 is 0 Å². The first kappa shape index (κ1) is 17.9. The standard InChI is InChI=1S/C20H26N2O2/c1-5-22(17-8-10-18(24-4)11-9-17)13-12-21-20(23)19-14-15(2)6-7-16(19)3/h6-11,14H,5,12-13H2,1-4H3,(H,21,23). The fourth-order valence-electron chi connectivity index (χ4n) is 2.64. The molecule has 0 atom stereocenters. The fraction of sp³-hybridized carbons (Fsp3) is 0.350. The summed E-state index contributed by atoms with van der Waals surface area (Å²) in [6, 6.07) is 13.9. The molecule has 0 saturated carbocycles. The van der Waals surface area contributed by atoms with Crippen molar-refractivity contribution < 1.29 is 9.53 Å². The summed E-state index contributed by atoms with van der Waals surface area (Å²) in [5, 5.41) is 3.02. The zero-order valence-electron chi connectivity index (χ0n) is 14.9. The van der Waals surface area contributed by atoms with Crippen LogP contribution in [-0.4, -0.2) is 32.7 Å². The second-order valence-corrected chi connectivity index (χ2v) is 5.85. The van der Waals surface area contributed by atoms with E-state index < -0.39 is 0 Å². The maximum absolute atomic E-state index is 12.4. The van der Waals surface area contributed by atoms with Gasteiger partial charge in [0, 0.05) is 30.9 Å². The van der Waals surface area contributed by atoms with Gasteiger partial charge < -0.3 is 15.0 Å². The Kier molecular flexibility index (Phi) is 6.24. The maximum Gasteiger partial charge on any atom is 0.251 e. The van der Waals surface area contributed by atoms with Gasteiger partial charge in [0.25, 0.3) is 5.91 Å². The van der Waals surface area contributed by atoms with E-state index in [0.29, 0.717) is 6.54 Å². The highest BCUT2D eigenvalue weighted by molar-refractivity contribution is 5.95. The molecule has 0 aliphatic carbocycles. The average Bonchev–Trinajstić information content (AvgIpc) is 2.61. The first-order valence-electron chi connectivity index (χ1n) is 8.29. The highest BCUT2D eigenvalue weighted by atomic mass is 16.5. The van der Waals surface area contributed by atoms with E-state index in [-0.39, 0.29) is 5.91 Å². The number of benzene rings is 2. The highest BCUT2D eigenvalue weighted by Gasteiger charge is 2.10. The number of carbonyl (C=O) groups excluding carboxylic acids is 1. The Labute approximate surface area is 144 Å². The molecule has 1 N–H and O–H groups in total. The van der Waals surface area contributed by atoms with Crippen LogP contribution in [-0.2, 0) is 0 Å². The van der Waals surface area contributed by atoms with E-state index in [1.165, 1.54) is 0 Å². The molecule has 0 aliphatic rings. The van der Waals surface area contributed by atoms with Crippen LogP contribution in [0.25, 0.3) is 0 Å². The number of aryl methyl sites for hydroxylation is 2. The number of methoxy groups -OCH3 is 1. The molecular weight excluding hydrogens is 300 g/mol. The smallest absolute Gasteiger partial charge is 0.251 e. The van der Waals surface area contributed by atoms with Gasteiger partial charge in [-0.25, -0.2) is 0 Å². The second-order valence-electron chi connectivity index (χ2n) is 5.85. The molecule has 4 heteroatoms. The van der Waals surface area contributed by atoms with Gasteiger partial charge in [-0.15, -0.1) is 0 Å². The Balaban J connectivity index is 1.93. The van der Waals surface area contributed by atoms with E-state index in [1.54, 1.807) is 7.11 Å². The van der Waals surface area contributed by atoms with Crippen molar-refractivity contribution in [3.8, 4) is 5.75 Å². The minimum atomic E-state index is -0.0121. The number of ether oxygens (including phenoxy) is 1. The largest absolute Gasteiger partial charge is 0.497 e. The maximum atomic E-state index is 12.4. The molecule has 0 heterocycles. The average molecular weight is 326 g/mol. The normalized spacial score (nSPS) is 10.3. The second kappa shape index (κ2) is 8.39. The number of amides is 1. The molecular formula is C20H26N2O2. The highest BCUT2D eigenvalue weighted by Crippen LogP contribution is 2.18. The van der Waals surface area contributed by atoms with Crippen molar-refractivity contribution in [3.63, 3.8) is 0 Å². The van der Waals surface area contributed by atoms with Gasteiger partial charge in [-0.2, -0.15) is 0 Å². The first-order valence-corrected chi connectivity index (χ1v) is 8.29. The molecule has 128 valence electrons. The van der Waals surface area contributed by atoms with Crippen LogP contribution < -0.4 is 15.0 Å². The van der Waals surface area contributed by atoms with Gasteiger partial charge in [0.05, 0.1) is 7.11 Å². The molecule has 1 amide bonds. The monoisotopic (exact) mass is 326 g/mol. The number of likely N-dealkylation sites (N-methyl/N-ethyl adjacent to an activating group) is 1. The lowest BCUT2D eigenvalue weighted by molar-refractivity contribution is 0.0954. The van der Waals surface area contributed by atoms with Gasteiger partial charge >= 0.3 is 0 Å². The third kappa shape index (κ3) is 4.51. The van der Waals surface area contributed by atoms with Crippen LogP contribution in [0.15, 0.2) is 42.5 Å². The van der Waals surface area contributed by atoms with Crippen molar-refractivity contribution in [2.45, 2.75) is 20.8 Å². The summed E-state index contributed by atoms with van der Waals surface area (Å²) in [5.74, 6) is 0.833. The lowest BCUT2D eigenvalue weighted by atomic mass is 10.1. The number of hydrogen-bond acceptors (Lipinski definition) is 3. The minimum Gasteiger partial charge on any atom is -0.497 e. The molecule has 2 aromatic rings. The molecule has 0 spiro atoms. The first-order chi connectivity index (χ1) is 11.5. The Morgan fingerprint density at radius 3 is 2.46 bits per heavy atom. The lowest BCUT2D eigenvalue weighted by Crippen LogP contribution is -2.35. The van der Waals surface area contributed by atoms with Crippen LogP contribution >= 0.6 is 0 Å². The zero-order valence-corrected chi connectivity index (χ0v) is 14.9. The molecule has 0 aliphatic heterocycles. The van der Waals surface area contributed by atoms with Crippen LogP contribution in [0.5, 0.6) is 5.75 Å². The molecule has 0 aromatic heterocycles. The molecule has 0 bridgehead atoms. The Bertz CT molecular complexity index is 681. The minimum absolute atomic E-state index is 0.0121. The van der Waals surface area contributed by atoms with Crippen molar-refractivity contribution >= 4 is 11.6 Å². The fourth-order valence-corrected chi connectivity index (χ4v) is 2.64. The van der Waals surface area contributed by atoms with Crippen LogP contribution in [0.1, 0.15) is 28.4 Å². The van der Waals surface area contributed by atoms with Gasteiger partial charge in [-0.1, -0.05) is 17.7 Å². The van der Waals surface area contributed by atoms with Crippen molar-refractivity contribution in [2.24, 2.45) is 0 Å². The Morgan fingerprint density at radius 2 is 1.83 bits per heavy atom. The number of rotatable bonds is 7. The molecule has 2 rings (SSSR count). The van der Waals surface area contributed by atoms with Gasteiger partial charge in [0.15, 0.2) is 0 Å². The summed E-state index contributed by atoms with van der Waals surface area (Å²) >= 11 is 0. The number of hydrogen-bond donors (Lipinski definition) is 1. The van der Waals surface area contributed by atoms with E-state index in [2.05, 4.69) is 17.1 Å². The molecule has 0 unspecified atom stereocenters. The van der Waals surface area contributed by atoms with Crippen LogP contribution in [0.4, 0.5) is 5.69 Å². The summed E-state index contributed by atoms with van der Waals surface area (Å²) in [6.45, 7) is 8.32. The van der Waals surface area contributed by atoms with E-state index in [9.17, 15) is 4.79 Å². The van der Waals surface area contributed by atoms with Crippen molar-refractivity contribution in [1.29, 1.82) is 0 Å².